The Bertz CT molecular complexity index is 1360. The number of fused-ring (bicyclic) bond motifs is 2. The lowest BCUT2D eigenvalue weighted by Crippen LogP contribution is -2.36. The summed E-state index contributed by atoms with van der Waals surface area (Å²) in [6, 6.07) is 5.06. The number of hydrogen-bond donors (Lipinski definition) is 2. The third kappa shape index (κ3) is 3.08. The molecule has 1 amide bonds. The summed E-state index contributed by atoms with van der Waals surface area (Å²) in [7, 11) is 2.92. The van der Waals surface area contributed by atoms with Crippen LogP contribution in [0, 0.1) is 0 Å². The first-order valence-electron chi connectivity index (χ1n) is 8.97. The van der Waals surface area contributed by atoms with Crippen molar-refractivity contribution in [1.29, 1.82) is 0 Å². The van der Waals surface area contributed by atoms with E-state index in [1.165, 1.54) is 24.9 Å². The predicted molar refractivity (Wildman–Crippen MR) is 105 cm³/mol. The number of aromatic amines is 1. The molecule has 4 aromatic rings. The summed E-state index contributed by atoms with van der Waals surface area (Å²) in [6.45, 7) is 2.36. The molecule has 3 aromatic heterocycles. The molecule has 2 N–H and O–H groups in total. The van der Waals surface area contributed by atoms with Gasteiger partial charge in [-0.1, -0.05) is 0 Å². The van der Waals surface area contributed by atoms with Crippen LogP contribution in [-0.2, 0) is 20.6 Å². The highest BCUT2D eigenvalue weighted by Crippen LogP contribution is 2.28. The van der Waals surface area contributed by atoms with E-state index in [1.54, 1.807) is 18.2 Å². The number of nitrogens with zero attached hydrogens (tertiary/aromatic N) is 3. The lowest BCUT2D eigenvalue weighted by Gasteiger charge is -2.08. The predicted octanol–water partition coefficient (Wildman–Crippen LogP) is 1.04. The number of carbonyl (C=O) groups excluding carboxylic acids is 1. The van der Waals surface area contributed by atoms with Gasteiger partial charge in [-0.25, -0.2) is 9.78 Å². The quantitative estimate of drug-likeness (QED) is 0.518. The van der Waals surface area contributed by atoms with Crippen LogP contribution in [0.25, 0.3) is 22.1 Å². The van der Waals surface area contributed by atoms with Gasteiger partial charge in [-0.2, -0.15) is 0 Å². The van der Waals surface area contributed by atoms with Crippen molar-refractivity contribution >= 4 is 28.0 Å². The average molecular weight is 397 g/mol. The first kappa shape index (κ1) is 18.5. The van der Waals surface area contributed by atoms with Crippen LogP contribution in [0.4, 0.5) is 0 Å². The number of aryl methyl sites for hydroxylation is 1. The van der Waals surface area contributed by atoms with Gasteiger partial charge in [-0.15, -0.1) is 0 Å². The number of imidazole rings is 1. The minimum absolute atomic E-state index is 0.0466. The molecule has 0 spiro atoms. The highest BCUT2D eigenvalue weighted by Gasteiger charge is 2.16. The number of H-pyrrole nitrogens is 1. The van der Waals surface area contributed by atoms with Crippen molar-refractivity contribution in [3.63, 3.8) is 0 Å². The maximum Gasteiger partial charge on any atom is 0.332 e. The van der Waals surface area contributed by atoms with E-state index in [9.17, 15) is 14.4 Å². The number of aromatic nitrogens is 4. The van der Waals surface area contributed by atoms with Gasteiger partial charge in [0.2, 0.25) is 0 Å². The van der Waals surface area contributed by atoms with Crippen molar-refractivity contribution in [2.75, 3.05) is 6.61 Å². The molecule has 4 rings (SSSR count). The van der Waals surface area contributed by atoms with Crippen LogP contribution in [-0.4, -0.2) is 31.6 Å². The molecule has 0 aliphatic heterocycles. The van der Waals surface area contributed by atoms with Gasteiger partial charge >= 0.3 is 5.69 Å². The second-order valence-corrected chi connectivity index (χ2v) is 6.51. The lowest BCUT2D eigenvalue weighted by molar-refractivity contribution is 0.0949. The van der Waals surface area contributed by atoms with Crippen molar-refractivity contribution in [1.82, 2.24) is 24.4 Å². The minimum atomic E-state index is -0.474. The number of ether oxygens (including phenoxy) is 1. The van der Waals surface area contributed by atoms with Crippen molar-refractivity contribution in [2.45, 2.75) is 13.5 Å². The first-order valence-corrected chi connectivity index (χ1v) is 8.97. The van der Waals surface area contributed by atoms with Crippen LogP contribution in [0.5, 0.6) is 5.75 Å². The maximum atomic E-state index is 12.6. The van der Waals surface area contributed by atoms with Crippen LogP contribution in [0.2, 0.25) is 0 Å². The Morgan fingerprint density at radius 1 is 1.28 bits per heavy atom. The van der Waals surface area contributed by atoms with Gasteiger partial charge in [0.05, 0.1) is 24.8 Å². The van der Waals surface area contributed by atoms with E-state index >= 15 is 0 Å². The summed E-state index contributed by atoms with van der Waals surface area (Å²) in [5.41, 5.74) is 0.406. The molecular weight excluding hydrogens is 378 g/mol. The number of nitrogens with one attached hydrogen (secondary N) is 2. The van der Waals surface area contributed by atoms with Crippen molar-refractivity contribution in [3.8, 4) is 5.75 Å². The normalized spacial score (nSPS) is 11.3. The van der Waals surface area contributed by atoms with Crippen molar-refractivity contribution < 1.29 is 13.9 Å². The van der Waals surface area contributed by atoms with Crippen LogP contribution in [0.1, 0.15) is 23.1 Å². The van der Waals surface area contributed by atoms with Gasteiger partial charge < -0.3 is 19.5 Å². The van der Waals surface area contributed by atoms with E-state index in [0.717, 1.165) is 9.95 Å². The average Bonchev–Trinajstić information content (AvgIpc) is 3.36. The van der Waals surface area contributed by atoms with E-state index in [0.29, 0.717) is 29.3 Å². The number of furan rings is 1. The summed E-state index contributed by atoms with van der Waals surface area (Å²) >= 11 is 0. The van der Waals surface area contributed by atoms with E-state index in [-0.39, 0.29) is 23.6 Å². The Morgan fingerprint density at radius 3 is 2.83 bits per heavy atom. The fourth-order valence-corrected chi connectivity index (χ4v) is 3.17. The molecule has 0 unspecified atom stereocenters. The maximum absolute atomic E-state index is 12.6. The molecule has 0 saturated heterocycles. The van der Waals surface area contributed by atoms with Gasteiger partial charge in [-0.05, 0) is 25.1 Å². The lowest BCUT2D eigenvalue weighted by atomic mass is 10.1. The number of hydrogen-bond acceptors (Lipinski definition) is 6. The molecule has 0 bridgehead atoms. The monoisotopic (exact) mass is 397 g/mol. The van der Waals surface area contributed by atoms with E-state index in [4.69, 9.17) is 9.15 Å². The summed E-state index contributed by atoms with van der Waals surface area (Å²) in [6.07, 6.45) is 1.54. The van der Waals surface area contributed by atoms with E-state index in [2.05, 4.69) is 15.3 Å². The SMILES string of the molecule is CCOc1cc(C(=O)NCc2nc3c([nH]2)c(=O)n(C)c(=O)n3C)cc2occc12. The molecule has 3 heterocycles. The molecule has 0 saturated carbocycles. The third-order valence-electron chi connectivity index (χ3n) is 4.66. The van der Waals surface area contributed by atoms with Gasteiger partial charge in [-0.3, -0.25) is 18.7 Å². The molecule has 0 fully saturated rings. The molecular formula is C19H19N5O5. The first-order chi connectivity index (χ1) is 13.9. The zero-order valence-corrected chi connectivity index (χ0v) is 16.1. The second-order valence-electron chi connectivity index (χ2n) is 6.51. The van der Waals surface area contributed by atoms with Crippen LogP contribution in [0.3, 0.4) is 0 Å². The number of benzene rings is 1. The Balaban J connectivity index is 1.61. The Labute approximate surface area is 163 Å². The summed E-state index contributed by atoms with van der Waals surface area (Å²) in [5.74, 6) is 0.563. The molecule has 29 heavy (non-hydrogen) atoms. The zero-order chi connectivity index (χ0) is 20.7. The summed E-state index contributed by atoms with van der Waals surface area (Å²) < 4.78 is 13.3. The standard InChI is InChI=1S/C19H19N5O5/c1-4-28-12-7-10(8-13-11(12)5-6-29-13)17(25)20-9-14-21-15-16(22-14)23(2)19(27)24(3)18(15)26/h5-8H,4,9H2,1-3H3,(H,20,25)(H,21,22). The molecule has 10 nitrogen and oxygen atoms in total. The summed E-state index contributed by atoms with van der Waals surface area (Å²) in [5, 5.41) is 3.53. The highest BCUT2D eigenvalue weighted by molar-refractivity contribution is 5.99. The van der Waals surface area contributed by atoms with Crippen LogP contribution in [0.15, 0.2) is 38.5 Å². The molecule has 0 aliphatic carbocycles. The largest absolute Gasteiger partial charge is 0.493 e. The van der Waals surface area contributed by atoms with Gasteiger partial charge in [0.15, 0.2) is 5.65 Å². The van der Waals surface area contributed by atoms with Gasteiger partial charge in [0.25, 0.3) is 11.5 Å². The van der Waals surface area contributed by atoms with E-state index < -0.39 is 11.2 Å². The number of amides is 1. The van der Waals surface area contributed by atoms with Crippen LogP contribution >= 0.6 is 0 Å². The molecule has 0 aliphatic rings. The zero-order valence-electron chi connectivity index (χ0n) is 16.1. The molecule has 0 atom stereocenters. The molecule has 1 aromatic carbocycles. The Kier molecular flexibility index (Phi) is 4.45. The fraction of sp³-hybridized carbons (Fsp3) is 0.263. The number of rotatable bonds is 5. The minimum Gasteiger partial charge on any atom is -0.493 e. The number of carbonyl (C=O) groups is 1. The van der Waals surface area contributed by atoms with Crippen molar-refractivity contribution in [2.24, 2.45) is 14.1 Å². The summed E-state index contributed by atoms with van der Waals surface area (Å²) in [4.78, 5) is 44.0. The second kappa shape index (κ2) is 6.97. The molecule has 150 valence electrons. The van der Waals surface area contributed by atoms with E-state index in [1.807, 2.05) is 6.92 Å². The van der Waals surface area contributed by atoms with Gasteiger partial charge in [0, 0.05) is 19.7 Å². The topological polar surface area (TPSA) is 124 Å². The van der Waals surface area contributed by atoms with Gasteiger partial charge in [0.1, 0.15) is 22.7 Å². The third-order valence-corrected chi connectivity index (χ3v) is 4.66. The highest BCUT2D eigenvalue weighted by atomic mass is 16.5. The van der Waals surface area contributed by atoms with Crippen molar-refractivity contribution in [3.05, 3.63) is 56.7 Å². The molecule has 10 heteroatoms. The smallest absolute Gasteiger partial charge is 0.332 e. The van der Waals surface area contributed by atoms with Crippen LogP contribution < -0.4 is 21.3 Å². The Hall–Kier alpha value is -3.82. The molecule has 0 radical (unpaired) electrons. The Morgan fingerprint density at radius 2 is 2.07 bits per heavy atom. The fourth-order valence-electron chi connectivity index (χ4n) is 3.17.